The van der Waals surface area contributed by atoms with Gasteiger partial charge < -0.3 is 15.4 Å². The van der Waals surface area contributed by atoms with Crippen LogP contribution in [0.1, 0.15) is 73.2 Å². The minimum absolute atomic E-state index is 0.193. The molecule has 0 aliphatic heterocycles. The molecular formula is C34H34N2O4S2. The second-order valence-electron chi connectivity index (χ2n) is 10.4. The number of methoxy groups -OCH3 is 1. The zero-order valence-corrected chi connectivity index (χ0v) is 25.4. The van der Waals surface area contributed by atoms with Gasteiger partial charge in [-0.05, 0) is 74.1 Å². The van der Waals surface area contributed by atoms with Crippen molar-refractivity contribution in [1.82, 2.24) is 0 Å². The van der Waals surface area contributed by atoms with Crippen LogP contribution < -0.4 is 10.6 Å². The molecule has 3 aromatic carbocycles. The Kier molecular flexibility index (Phi) is 9.77. The Balaban J connectivity index is 1.41. The highest BCUT2D eigenvalue weighted by Gasteiger charge is 2.29. The molecule has 1 heterocycles. The molecule has 1 aromatic heterocycles. The van der Waals surface area contributed by atoms with Crippen LogP contribution in [0, 0.1) is 6.92 Å². The standard InChI is InChI=1S/C34H34N2O4S2/c1-22-12-10-15-24(20-22)31(37)35-25-16-11-17-26(21-25)41-30(23-13-6-5-7-14-23)32(38)36-33-29(34(39)40-2)27-18-8-3-4-9-19-28(27)42-33/h5-7,10-17,20-21,30H,3-4,8-9,18-19H2,1-2H3,(H,35,37)(H,36,38). The first-order chi connectivity index (χ1) is 20.4. The van der Waals surface area contributed by atoms with Gasteiger partial charge in [-0.2, -0.15) is 0 Å². The third-order valence-corrected chi connectivity index (χ3v) is 9.72. The SMILES string of the molecule is COC(=O)c1c(NC(=O)C(Sc2cccc(NC(=O)c3cccc(C)c3)c2)c2ccccc2)sc2c1CCCCCC2. The minimum Gasteiger partial charge on any atom is -0.465 e. The second-order valence-corrected chi connectivity index (χ2v) is 12.6. The number of fused-ring (bicyclic) bond motifs is 1. The van der Waals surface area contributed by atoms with Gasteiger partial charge in [0, 0.05) is 21.0 Å². The zero-order valence-electron chi connectivity index (χ0n) is 23.8. The van der Waals surface area contributed by atoms with Crippen molar-refractivity contribution in [1.29, 1.82) is 0 Å². The van der Waals surface area contributed by atoms with Crippen molar-refractivity contribution in [3.63, 3.8) is 0 Å². The number of nitrogens with one attached hydrogen (secondary N) is 2. The molecule has 0 saturated heterocycles. The second kappa shape index (κ2) is 13.9. The Bertz CT molecular complexity index is 1580. The lowest BCUT2D eigenvalue weighted by Gasteiger charge is -2.18. The molecule has 216 valence electrons. The van der Waals surface area contributed by atoms with E-state index in [2.05, 4.69) is 10.6 Å². The van der Waals surface area contributed by atoms with Crippen LogP contribution >= 0.6 is 23.1 Å². The topological polar surface area (TPSA) is 84.5 Å². The van der Waals surface area contributed by atoms with E-state index in [1.54, 1.807) is 6.07 Å². The van der Waals surface area contributed by atoms with Crippen molar-refractivity contribution in [2.75, 3.05) is 17.7 Å². The van der Waals surface area contributed by atoms with Gasteiger partial charge in [-0.1, -0.05) is 66.9 Å². The number of thiophene rings is 1. The summed E-state index contributed by atoms with van der Waals surface area (Å²) < 4.78 is 5.16. The van der Waals surface area contributed by atoms with Crippen molar-refractivity contribution >= 4 is 51.6 Å². The van der Waals surface area contributed by atoms with Crippen LogP contribution in [-0.4, -0.2) is 24.9 Å². The van der Waals surface area contributed by atoms with Crippen LogP contribution in [-0.2, 0) is 22.4 Å². The minimum atomic E-state index is -0.593. The van der Waals surface area contributed by atoms with E-state index in [0.717, 1.165) is 58.6 Å². The van der Waals surface area contributed by atoms with Gasteiger partial charge in [-0.15, -0.1) is 23.1 Å². The van der Waals surface area contributed by atoms with Gasteiger partial charge in [-0.3, -0.25) is 9.59 Å². The fourth-order valence-electron chi connectivity index (χ4n) is 5.18. The molecular weight excluding hydrogens is 565 g/mol. The number of rotatable bonds is 8. The molecule has 1 unspecified atom stereocenters. The molecule has 8 heteroatoms. The van der Waals surface area contributed by atoms with E-state index in [-0.39, 0.29) is 11.8 Å². The molecule has 0 bridgehead atoms. The van der Waals surface area contributed by atoms with Crippen LogP contribution in [0.25, 0.3) is 0 Å². The molecule has 2 amide bonds. The van der Waals surface area contributed by atoms with E-state index in [1.165, 1.54) is 36.6 Å². The maximum atomic E-state index is 14.0. The monoisotopic (exact) mass is 598 g/mol. The summed E-state index contributed by atoms with van der Waals surface area (Å²) in [6.07, 6.45) is 6.10. The Labute approximate surface area is 254 Å². The number of ether oxygens (including phenoxy) is 1. The van der Waals surface area contributed by atoms with Crippen LogP contribution in [0.2, 0.25) is 0 Å². The van der Waals surface area contributed by atoms with Gasteiger partial charge in [-0.25, -0.2) is 4.79 Å². The Morgan fingerprint density at radius 1 is 0.857 bits per heavy atom. The summed E-state index contributed by atoms with van der Waals surface area (Å²) in [6.45, 7) is 1.95. The van der Waals surface area contributed by atoms with Crippen LogP contribution in [0.3, 0.4) is 0 Å². The molecule has 6 nitrogen and oxygen atoms in total. The van der Waals surface area contributed by atoms with Crippen molar-refractivity contribution in [3.05, 3.63) is 112 Å². The highest BCUT2D eigenvalue weighted by Crippen LogP contribution is 2.41. The number of hydrogen-bond donors (Lipinski definition) is 2. The average Bonchev–Trinajstić information content (AvgIpc) is 3.31. The predicted molar refractivity (Wildman–Crippen MR) is 171 cm³/mol. The number of hydrogen-bond acceptors (Lipinski definition) is 6. The summed E-state index contributed by atoms with van der Waals surface area (Å²) in [5.74, 6) is -0.828. The fourth-order valence-corrected chi connectivity index (χ4v) is 7.54. The molecule has 1 atom stereocenters. The van der Waals surface area contributed by atoms with Crippen molar-refractivity contribution < 1.29 is 19.1 Å². The summed E-state index contributed by atoms with van der Waals surface area (Å²) in [5.41, 5.74) is 4.58. The first-order valence-corrected chi connectivity index (χ1v) is 15.9. The van der Waals surface area contributed by atoms with Crippen LogP contribution in [0.5, 0.6) is 0 Å². The number of benzene rings is 3. The largest absolute Gasteiger partial charge is 0.465 e. The normalized spacial score (nSPS) is 13.7. The Morgan fingerprint density at radius 2 is 1.62 bits per heavy atom. The number of aryl methyl sites for hydroxylation is 2. The molecule has 0 radical (unpaired) electrons. The lowest BCUT2D eigenvalue weighted by Crippen LogP contribution is -2.20. The third kappa shape index (κ3) is 7.12. The highest BCUT2D eigenvalue weighted by atomic mass is 32.2. The lowest BCUT2D eigenvalue weighted by molar-refractivity contribution is -0.115. The number of carbonyl (C=O) groups excluding carboxylic acids is 3. The van der Waals surface area contributed by atoms with E-state index >= 15 is 0 Å². The van der Waals surface area contributed by atoms with Crippen LogP contribution in [0.4, 0.5) is 10.7 Å². The summed E-state index contributed by atoms with van der Waals surface area (Å²) in [7, 11) is 1.38. The first-order valence-electron chi connectivity index (χ1n) is 14.2. The lowest BCUT2D eigenvalue weighted by atomic mass is 9.96. The number of amides is 2. The van der Waals surface area contributed by atoms with E-state index < -0.39 is 11.2 Å². The van der Waals surface area contributed by atoms with E-state index in [4.69, 9.17) is 4.74 Å². The maximum Gasteiger partial charge on any atom is 0.341 e. The number of thioether (sulfide) groups is 1. The quantitative estimate of drug-likeness (QED) is 0.158. The number of anilines is 2. The van der Waals surface area contributed by atoms with Gasteiger partial charge in [0.15, 0.2) is 0 Å². The van der Waals surface area contributed by atoms with Gasteiger partial charge >= 0.3 is 5.97 Å². The Hall–Kier alpha value is -3.88. The van der Waals surface area contributed by atoms with E-state index in [1.807, 2.05) is 79.7 Å². The summed E-state index contributed by atoms with van der Waals surface area (Å²) in [5, 5.41) is 6.04. The van der Waals surface area contributed by atoms with Gasteiger partial charge in [0.2, 0.25) is 5.91 Å². The highest BCUT2D eigenvalue weighted by molar-refractivity contribution is 8.00. The van der Waals surface area contributed by atoms with E-state index in [0.29, 0.717) is 21.8 Å². The summed E-state index contributed by atoms with van der Waals surface area (Å²) in [4.78, 5) is 41.7. The molecule has 4 aromatic rings. The molecule has 42 heavy (non-hydrogen) atoms. The average molecular weight is 599 g/mol. The molecule has 2 N–H and O–H groups in total. The third-order valence-electron chi connectivity index (χ3n) is 7.26. The van der Waals surface area contributed by atoms with Crippen molar-refractivity contribution in [2.24, 2.45) is 0 Å². The molecule has 1 aliphatic rings. The molecule has 5 rings (SSSR count). The van der Waals surface area contributed by atoms with Gasteiger partial charge in [0.05, 0.1) is 12.7 Å². The maximum absolute atomic E-state index is 14.0. The molecule has 0 saturated carbocycles. The summed E-state index contributed by atoms with van der Waals surface area (Å²) in [6, 6.07) is 24.5. The van der Waals surface area contributed by atoms with Crippen molar-refractivity contribution in [2.45, 2.75) is 55.6 Å². The summed E-state index contributed by atoms with van der Waals surface area (Å²) >= 11 is 2.89. The number of carbonyl (C=O) groups is 3. The molecule has 0 spiro atoms. The number of esters is 1. The predicted octanol–water partition coefficient (Wildman–Crippen LogP) is 8.23. The molecule has 0 fully saturated rings. The van der Waals surface area contributed by atoms with Gasteiger partial charge in [0.25, 0.3) is 5.91 Å². The first kappa shape index (κ1) is 29.6. The Morgan fingerprint density at radius 3 is 2.38 bits per heavy atom. The molecule has 1 aliphatic carbocycles. The fraction of sp³-hybridized carbons (Fsp3) is 0.265. The van der Waals surface area contributed by atoms with Crippen LogP contribution in [0.15, 0.2) is 83.8 Å². The van der Waals surface area contributed by atoms with Crippen molar-refractivity contribution in [3.8, 4) is 0 Å². The smallest absolute Gasteiger partial charge is 0.341 e. The van der Waals surface area contributed by atoms with E-state index in [9.17, 15) is 14.4 Å². The van der Waals surface area contributed by atoms with Gasteiger partial charge in [0.1, 0.15) is 10.3 Å². The zero-order chi connectivity index (χ0) is 29.5.